The van der Waals surface area contributed by atoms with Crippen LogP contribution in [-0.2, 0) is 4.79 Å². The van der Waals surface area contributed by atoms with Gasteiger partial charge in [-0.25, -0.2) is 0 Å². The monoisotopic (exact) mass is 395 g/mol. The number of carbonyl (C=O) groups is 1. The highest BCUT2D eigenvalue weighted by atomic mass is 35.5. The van der Waals surface area contributed by atoms with Gasteiger partial charge in [-0.05, 0) is 38.0 Å². The van der Waals surface area contributed by atoms with Crippen LogP contribution in [0, 0.1) is 0 Å². The molecule has 8 heteroatoms. The number of hydrogen-bond acceptors (Lipinski definition) is 4. The summed E-state index contributed by atoms with van der Waals surface area (Å²) in [5.41, 5.74) is 0. The van der Waals surface area contributed by atoms with E-state index in [1.807, 2.05) is 25.1 Å². The molecular weight excluding hydrogens is 366 g/mol. The normalized spacial score (nSPS) is 17.3. The average Bonchev–Trinajstić information content (AvgIpc) is 2.66. The molecule has 3 N–H and O–H groups in total. The van der Waals surface area contributed by atoms with Gasteiger partial charge in [0.1, 0.15) is 11.9 Å². The summed E-state index contributed by atoms with van der Waals surface area (Å²) in [6.45, 7) is 4.89. The van der Waals surface area contributed by atoms with E-state index >= 15 is 0 Å². The summed E-state index contributed by atoms with van der Waals surface area (Å²) in [6, 6.07) is 7.73. The molecule has 1 amide bonds. The van der Waals surface area contributed by atoms with Gasteiger partial charge in [-0.3, -0.25) is 14.7 Å². The molecule has 1 aromatic carbocycles. The van der Waals surface area contributed by atoms with Crippen LogP contribution in [0.1, 0.15) is 19.8 Å². The zero-order valence-corrected chi connectivity index (χ0v) is 17.1. The van der Waals surface area contributed by atoms with E-state index in [0.29, 0.717) is 24.2 Å². The van der Waals surface area contributed by atoms with E-state index in [0.717, 1.165) is 37.6 Å². The van der Waals surface area contributed by atoms with E-state index in [-0.39, 0.29) is 12.0 Å². The lowest BCUT2D eigenvalue weighted by molar-refractivity contribution is -0.122. The van der Waals surface area contributed by atoms with Crippen molar-refractivity contribution in [1.82, 2.24) is 20.9 Å². The van der Waals surface area contributed by atoms with E-state index < -0.39 is 0 Å². The fourth-order valence-electron chi connectivity index (χ4n) is 2.96. The molecule has 1 fully saturated rings. The SMILES string of the molecule is CN=C(NCC(C)Oc1cccc(Cl)c1)NC1CCN(CC(=O)NC)CC1. The maximum absolute atomic E-state index is 11.5. The Kier molecular flexibility index (Phi) is 8.67. The first-order chi connectivity index (χ1) is 13.0. The molecule has 150 valence electrons. The number of amides is 1. The van der Waals surface area contributed by atoms with Crippen LogP contribution in [0.5, 0.6) is 5.75 Å². The van der Waals surface area contributed by atoms with Crippen LogP contribution in [0.25, 0.3) is 0 Å². The van der Waals surface area contributed by atoms with E-state index in [1.54, 1.807) is 20.2 Å². The van der Waals surface area contributed by atoms with Crippen LogP contribution in [0.3, 0.4) is 0 Å². The zero-order valence-electron chi connectivity index (χ0n) is 16.3. The minimum Gasteiger partial charge on any atom is -0.489 e. The van der Waals surface area contributed by atoms with Gasteiger partial charge in [0.25, 0.3) is 0 Å². The second kappa shape index (κ2) is 11.0. The molecule has 0 aliphatic carbocycles. The van der Waals surface area contributed by atoms with Crippen LogP contribution in [0.4, 0.5) is 0 Å². The molecular formula is C19H30ClN5O2. The van der Waals surface area contributed by atoms with Gasteiger partial charge < -0.3 is 20.7 Å². The molecule has 1 unspecified atom stereocenters. The van der Waals surface area contributed by atoms with Crippen molar-refractivity contribution in [2.24, 2.45) is 4.99 Å². The summed E-state index contributed by atoms with van der Waals surface area (Å²) in [5, 5.41) is 10.1. The minimum absolute atomic E-state index is 0.0311. The number of nitrogens with zero attached hydrogens (tertiary/aromatic N) is 2. The highest BCUT2D eigenvalue weighted by molar-refractivity contribution is 6.30. The molecule has 1 heterocycles. The fraction of sp³-hybridized carbons (Fsp3) is 0.579. The number of likely N-dealkylation sites (tertiary alicyclic amines) is 1. The van der Waals surface area contributed by atoms with Gasteiger partial charge >= 0.3 is 0 Å². The standard InChI is InChI=1S/C19H30ClN5O2/c1-14(27-17-6-4-5-15(20)11-17)12-23-19(22-3)24-16-7-9-25(10-8-16)13-18(26)21-2/h4-6,11,14,16H,7-10,12-13H2,1-3H3,(H,21,26)(H2,22,23,24). The minimum atomic E-state index is -0.0311. The predicted octanol–water partition coefficient (Wildman–Crippen LogP) is 1.48. The summed E-state index contributed by atoms with van der Waals surface area (Å²) in [6.07, 6.45) is 1.93. The smallest absolute Gasteiger partial charge is 0.233 e. The Morgan fingerprint density at radius 1 is 1.41 bits per heavy atom. The van der Waals surface area contributed by atoms with Crippen molar-refractivity contribution in [3.8, 4) is 5.75 Å². The van der Waals surface area contributed by atoms with Crippen LogP contribution in [0.2, 0.25) is 5.02 Å². The van der Waals surface area contributed by atoms with Crippen molar-refractivity contribution in [2.45, 2.75) is 31.9 Å². The highest BCUT2D eigenvalue weighted by Gasteiger charge is 2.21. The predicted molar refractivity (Wildman–Crippen MR) is 110 cm³/mol. The molecule has 1 saturated heterocycles. The highest BCUT2D eigenvalue weighted by Crippen LogP contribution is 2.18. The number of nitrogens with one attached hydrogen (secondary N) is 3. The van der Waals surface area contributed by atoms with Gasteiger partial charge in [-0.1, -0.05) is 17.7 Å². The summed E-state index contributed by atoms with van der Waals surface area (Å²) in [7, 11) is 3.43. The lowest BCUT2D eigenvalue weighted by Crippen LogP contribution is -2.51. The van der Waals surface area contributed by atoms with Crippen LogP contribution < -0.4 is 20.7 Å². The van der Waals surface area contributed by atoms with Crippen molar-refractivity contribution >= 4 is 23.5 Å². The number of guanidine groups is 1. The lowest BCUT2D eigenvalue weighted by Gasteiger charge is -2.32. The Hall–Kier alpha value is -1.99. The molecule has 0 spiro atoms. The number of carbonyl (C=O) groups excluding carboxylic acids is 1. The number of benzene rings is 1. The Balaban J connectivity index is 1.70. The zero-order chi connectivity index (χ0) is 19.6. The number of rotatable bonds is 7. The molecule has 27 heavy (non-hydrogen) atoms. The van der Waals surface area contributed by atoms with Crippen molar-refractivity contribution < 1.29 is 9.53 Å². The number of ether oxygens (including phenoxy) is 1. The Morgan fingerprint density at radius 3 is 2.78 bits per heavy atom. The first-order valence-electron chi connectivity index (χ1n) is 9.32. The summed E-state index contributed by atoms with van der Waals surface area (Å²) in [5.74, 6) is 1.58. The molecule has 0 bridgehead atoms. The van der Waals surface area contributed by atoms with Crippen LogP contribution in [0.15, 0.2) is 29.3 Å². The van der Waals surface area contributed by atoms with Gasteiger partial charge in [-0.15, -0.1) is 0 Å². The lowest BCUT2D eigenvalue weighted by atomic mass is 10.1. The average molecular weight is 396 g/mol. The number of piperidine rings is 1. The topological polar surface area (TPSA) is 78.0 Å². The molecule has 7 nitrogen and oxygen atoms in total. The number of halogens is 1. The molecule has 2 rings (SSSR count). The molecule has 1 aromatic rings. The number of aliphatic imine (C=N–C) groups is 1. The molecule has 0 aromatic heterocycles. The molecule has 1 aliphatic heterocycles. The first-order valence-corrected chi connectivity index (χ1v) is 9.70. The Morgan fingerprint density at radius 2 is 2.15 bits per heavy atom. The van der Waals surface area contributed by atoms with Crippen molar-refractivity contribution in [3.63, 3.8) is 0 Å². The largest absolute Gasteiger partial charge is 0.489 e. The summed E-state index contributed by atoms with van der Waals surface area (Å²) in [4.78, 5) is 17.9. The third-order valence-electron chi connectivity index (χ3n) is 4.49. The maximum Gasteiger partial charge on any atom is 0.233 e. The van der Waals surface area contributed by atoms with E-state index in [2.05, 4.69) is 25.8 Å². The van der Waals surface area contributed by atoms with Gasteiger partial charge in [0, 0.05) is 38.2 Å². The molecule has 1 aliphatic rings. The number of hydrogen-bond donors (Lipinski definition) is 3. The second-order valence-electron chi connectivity index (χ2n) is 6.71. The fourth-order valence-corrected chi connectivity index (χ4v) is 3.14. The van der Waals surface area contributed by atoms with E-state index in [9.17, 15) is 4.79 Å². The Labute approximate surface area is 166 Å². The summed E-state index contributed by atoms with van der Waals surface area (Å²) >= 11 is 5.98. The van der Waals surface area contributed by atoms with Gasteiger partial charge in [0.2, 0.25) is 5.91 Å². The van der Waals surface area contributed by atoms with Gasteiger partial charge in [0.15, 0.2) is 5.96 Å². The molecule has 0 saturated carbocycles. The van der Waals surface area contributed by atoms with Crippen molar-refractivity contribution in [2.75, 3.05) is 40.3 Å². The summed E-state index contributed by atoms with van der Waals surface area (Å²) < 4.78 is 5.87. The molecule has 1 atom stereocenters. The van der Waals surface area contributed by atoms with Crippen LogP contribution >= 0.6 is 11.6 Å². The van der Waals surface area contributed by atoms with Gasteiger partial charge in [0.05, 0.1) is 13.1 Å². The van der Waals surface area contributed by atoms with E-state index in [1.165, 1.54) is 0 Å². The van der Waals surface area contributed by atoms with Crippen LogP contribution in [-0.4, -0.2) is 69.2 Å². The molecule has 0 radical (unpaired) electrons. The van der Waals surface area contributed by atoms with E-state index in [4.69, 9.17) is 16.3 Å². The van der Waals surface area contributed by atoms with Crippen molar-refractivity contribution in [3.05, 3.63) is 29.3 Å². The quantitative estimate of drug-likeness (QED) is 0.481. The Bertz CT molecular complexity index is 632. The van der Waals surface area contributed by atoms with Crippen molar-refractivity contribution in [1.29, 1.82) is 0 Å². The maximum atomic E-state index is 11.5. The third-order valence-corrected chi connectivity index (χ3v) is 4.72. The first kappa shape index (κ1) is 21.3. The van der Waals surface area contributed by atoms with Gasteiger partial charge in [-0.2, -0.15) is 0 Å². The second-order valence-corrected chi connectivity index (χ2v) is 7.14. The number of likely N-dealkylation sites (N-methyl/N-ethyl adjacent to an activating group) is 1. The third kappa shape index (κ3) is 7.64.